The van der Waals surface area contributed by atoms with Crippen LogP contribution in [0, 0.1) is 0 Å². The van der Waals surface area contributed by atoms with Gasteiger partial charge >= 0.3 is 7.23 Å². The number of thioether (sulfide) groups is 1. The van der Waals surface area contributed by atoms with Gasteiger partial charge in [0.25, 0.3) is 0 Å². The molecule has 3 rings (SSSR count). The van der Waals surface area contributed by atoms with Crippen molar-refractivity contribution in [1.29, 1.82) is 0 Å². The normalized spacial score (nSPS) is 14.6. The Bertz CT molecular complexity index is 828. The Balaban J connectivity index is 2.16. The number of amides is 1. The summed E-state index contributed by atoms with van der Waals surface area (Å²) in [5.74, 6) is 0.422. The molecule has 1 N–H and O–H groups in total. The molecule has 0 atom stereocenters. The van der Waals surface area contributed by atoms with E-state index in [2.05, 4.69) is 10.1 Å². The lowest BCUT2D eigenvalue weighted by atomic mass is 10.3. The summed E-state index contributed by atoms with van der Waals surface area (Å²) < 4.78 is 8.30. The van der Waals surface area contributed by atoms with Crippen molar-refractivity contribution in [3.63, 3.8) is 0 Å². The second-order valence-electron chi connectivity index (χ2n) is 4.57. The lowest BCUT2D eigenvalue weighted by Crippen LogP contribution is -2.35. The first-order valence-corrected chi connectivity index (χ1v) is 7.37. The second kappa shape index (κ2) is 5.16. The third-order valence-corrected chi connectivity index (χ3v) is 4.31. The molecule has 8 heteroatoms. The summed E-state index contributed by atoms with van der Waals surface area (Å²) in [5, 5.41) is 7.56. The summed E-state index contributed by atoms with van der Waals surface area (Å²) in [6, 6.07) is 5.18. The van der Waals surface area contributed by atoms with Gasteiger partial charge in [-0.15, -0.1) is 5.01 Å². The first-order valence-electron chi connectivity index (χ1n) is 6.62. The SMILES string of the molecule is [2H][n+]1c2c(nc3cc(Cl)ccc31)SC(N(C)C(C)=O)=NN2C. The molecule has 0 saturated carbocycles. The van der Waals surface area contributed by atoms with E-state index in [4.69, 9.17) is 13.0 Å². The summed E-state index contributed by atoms with van der Waals surface area (Å²) in [4.78, 5) is 18.8. The van der Waals surface area contributed by atoms with Crippen LogP contribution in [0.3, 0.4) is 0 Å². The first-order chi connectivity index (χ1) is 10.4. The zero-order chi connectivity index (χ0) is 16.0. The van der Waals surface area contributed by atoms with Crippen LogP contribution in [0.2, 0.25) is 6.43 Å². The fraction of sp³-hybridized carbons (Fsp3) is 0.231. The van der Waals surface area contributed by atoms with Crippen molar-refractivity contribution in [1.82, 2.24) is 9.88 Å². The van der Waals surface area contributed by atoms with Crippen molar-refractivity contribution in [3.05, 3.63) is 23.2 Å². The van der Waals surface area contributed by atoms with Crippen molar-refractivity contribution < 1.29 is 11.2 Å². The molecule has 1 amide bonds. The van der Waals surface area contributed by atoms with Crippen LogP contribution in [0.25, 0.3) is 11.0 Å². The molecule has 0 unspecified atom stereocenters. The standard InChI is InChI=1S/C13H12ClN5OS/c1-7(20)18(2)13-17-19(3)11-12(21-13)16-10-6-8(14)4-5-9(10)15-11/h4-6H,1-3H3/p+1/i/hD. The summed E-state index contributed by atoms with van der Waals surface area (Å²) in [6.07, 6.45) is 0. The molecule has 1 aliphatic heterocycles. The number of hydrogen-bond acceptors (Lipinski definition) is 5. The van der Waals surface area contributed by atoms with E-state index in [1.165, 1.54) is 28.6 Å². The van der Waals surface area contributed by atoms with Crippen LogP contribution in [0.15, 0.2) is 28.3 Å². The maximum absolute atomic E-state index is 11.5. The molecule has 0 aliphatic carbocycles. The largest absolute Gasteiger partial charge is 0.333 e. The van der Waals surface area contributed by atoms with Gasteiger partial charge in [-0.05, 0) is 30.0 Å². The Morgan fingerprint density at radius 1 is 1.57 bits per heavy atom. The molecule has 108 valence electrons. The monoisotopic (exact) mass is 323 g/mol. The molecule has 2 aromatic rings. The van der Waals surface area contributed by atoms with E-state index in [1.807, 2.05) is 0 Å². The molecule has 1 aliphatic rings. The predicted molar refractivity (Wildman–Crippen MR) is 83.4 cm³/mol. The number of carbonyl (C=O) groups excluding carboxylic acids is 1. The third-order valence-electron chi connectivity index (χ3n) is 3.07. The van der Waals surface area contributed by atoms with Gasteiger partial charge in [0.2, 0.25) is 11.1 Å². The number of anilines is 1. The molecule has 0 saturated heterocycles. The van der Waals surface area contributed by atoms with E-state index in [1.54, 1.807) is 37.3 Å². The highest BCUT2D eigenvalue weighted by Crippen LogP contribution is 2.32. The molecule has 1 aromatic heterocycles. The minimum absolute atomic E-state index is 0.120. The van der Waals surface area contributed by atoms with Crippen molar-refractivity contribution in [3.8, 4) is 0 Å². The van der Waals surface area contributed by atoms with Gasteiger partial charge in [-0.3, -0.25) is 9.69 Å². The molecular weight excluding hydrogens is 310 g/mol. The number of hydrazone groups is 1. The van der Waals surface area contributed by atoms with Crippen LogP contribution in [-0.2, 0) is 4.79 Å². The number of nitrogens with zero attached hydrogens (tertiary/aromatic N) is 4. The summed E-state index contributed by atoms with van der Waals surface area (Å²) in [6.45, 7) is 1.47. The molecular formula is C13H13ClN5OS+. The predicted octanol–water partition coefficient (Wildman–Crippen LogP) is 1.99. The number of aromatic amines is 1. The van der Waals surface area contributed by atoms with Crippen molar-refractivity contribution in [2.24, 2.45) is 5.10 Å². The van der Waals surface area contributed by atoms with Crippen LogP contribution in [0.4, 0.5) is 5.82 Å². The summed E-state index contributed by atoms with van der Waals surface area (Å²) in [7, 11) is 3.38. The van der Waals surface area contributed by atoms with Crippen molar-refractivity contribution >= 4 is 51.3 Å². The summed E-state index contributed by atoms with van der Waals surface area (Å²) >= 11 is 7.25. The van der Waals surface area contributed by atoms with Gasteiger partial charge in [0, 0.05) is 19.0 Å². The average Bonchev–Trinajstić information content (AvgIpc) is 2.45. The number of rotatable bonds is 0. The Labute approximate surface area is 132 Å². The van der Waals surface area contributed by atoms with E-state index < -0.39 is 0 Å². The van der Waals surface area contributed by atoms with Gasteiger partial charge in [-0.2, -0.15) is 0 Å². The molecule has 6 nitrogen and oxygen atoms in total. The van der Waals surface area contributed by atoms with Crippen LogP contribution in [0.5, 0.6) is 0 Å². The van der Waals surface area contributed by atoms with E-state index in [9.17, 15) is 4.79 Å². The minimum atomic E-state index is -0.120. The van der Waals surface area contributed by atoms with Gasteiger partial charge in [0.1, 0.15) is 12.6 Å². The Morgan fingerprint density at radius 3 is 3.05 bits per heavy atom. The number of halogens is 1. The fourth-order valence-corrected chi connectivity index (χ4v) is 3.02. The zero-order valence-corrected chi connectivity index (χ0v) is 13.2. The van der Waals surface area contributed by atoms with Crippen LogP contribution < -0.4 is 9.99 Å². The maximum Gasteiger partial charge on any atom is 0.333 e. The molecule has 21 heavy (non-hydrogen) atoms. The highest BCUT2D eigenvalue weighted by Gasteiger charge is 2.30. The number of benzene rings is 1. The van der Waals surface area contributed by atoms with E-state index >= 15 is 0 Å². The number of nitrogens with one attached hydrogen (secondary N) is 1. The Hall–Kier alpha value is -1.86. The lowest BCUT2D eigenvalue weighted by Gasteiger charge is -2.21. The first kappa shape index (κ1) is 12.8. The second-order valence-corrected chi connectivity index (χ2v) is 5.96. The smallest absolute Gasteiger partial charge is 0.291 e. The minimum Gasteiger partial charge on any atom is -0.291 e. The highest BCUT2D eigenvalue weighted by atomic mass is 35.5. The molecule has 0 radical (unpaired) electrons. The van der Waals surface area contributed by atoms with E-state index in [0.29, 0.717) is 32.1 Å². The number of hydrogen-bond donors (Lipinski definition) is 0. The van der Waals surface area contributed by atoms with Gasteiger partial charge < -0.3 is 0 Å². The third kappa shape index (κ3) is 2.54. The maximum atomic E-state index is 11.5. The Morgan fingerprint density at radius 2 is 2.33 bits per heavy atom. The van der Waals surface area contributed by atoms with E-state index in [-0.39, 0.29) is 5.91 Å². The fourth-order valence-electron chi connectivity index (χ4n) is 1.83. The van der Waals surface area contributed by atoms with Gasteiger partial charge in [-0.1, -0.05) is 16.7 Å². The number of H-pyrrole nitrogens is 1. The van der Waals surface area contributed by atoms with Gasteiger partial charge in [0.05, 0.1) is 0 Å². The number of aromatic nitrogens is 2. The highest BCUT2D eigenvalue weighted by molar-refractivity contribution is 8.14. The molecule has 0 spiro atoms. The molecule has 2 heterocycles. The Kier molecular flexibility index (Phi) is 3.16. The molecule has 0 bridgehead atoms. The number of carbonyl (C=O) groups is 1. The molecule has 1 aromatic carbocycles. The van der Waals surface area contributed by atoms with Crippen molar-refractivity contribution in [2.45, 2.75) is 11.9 Å². The van der Waals surface area contributed by atoms with Crippen LogP contribution >= 0.6 is 23.4 Å². The van der Waals surface area contributed by atoms with Crippen LogP contribution in [0.1, 0.15) is 6.92 Å². The van der Waals surface area contributed by atoms with Gasteiger partial charge in [0.15, 0.2) is 10.5 Å². The van der Waals surface area contributed by atoms with E-state index in [0.717, 1.165) is 0 Å². The van der Waals surface area contributed by atoms with Crippen LogP contribution in [-0.4, -0.2) is 35.1 Å². The summed E-state index contributed by atoms with van der Waals surface area (Å²) in [5.41, 5.74) is 1.25. The zero-order valence-electron chi connectivity index (χ0n) is 12.7. The molecule has 0 fully saturated rings. The quantitative estimate of drug-likeness (QED) is 0.744. The topological polar surface area (TPSA) is 62.9 Å². The van der Waals surface area contributed by atoms with Gasteiger partial charge in [-0.25, -0.2) is 9.96 Å². The number of amidine groups is 1. The average molecular weight is 324 g/mol. The lowest BCUT2D eigenvalue weighted by molar-refractivity contribution is -0.334. The number of fused-ring (bicyclic) bond motifs is 2. The van der Waals surface area contributed by atoms with Crippen molar-refractivity contribution in [2.75, 3.05) is 19.1 Å².